The van der Waals surface area contributed by atoms with E-state index in [4.69, 9.17) is 0 Å². The Morgan fingerprint density at radius 1 is 1.03 bits per heavy atom. The fourth-order valence-corrected chi connectivity index (χ4v) is 4.03. The van der Waals surface area contributed by atoms with Crippen molar-refractivity contribution < 1.29 is 4.79 Å². The zero-order valence-corrected chi connectivity index (χ0v) is 16.9. The molecule has 2 aromatic carbocycles. The van der Waals surface area contributed by atoms with E-state index in [-0.39, 0.29) is 11.5 Å². The molecule has 0 aliphatic carbocycles. The summed E-state index contributed by atoms with van der Waals surface area (Å²) in [5.74, 6) is 0.0585. The Kier molecular flexibility index (Phi) is 5.10. The van der Waals surface area contributed by atoms with E-state index in [1.807, 2.05) is 73.7 Å². The van der Waals surface area contributed by atoms with Crippen LogP contribution in [0.25, 0.3) is 21.9 Å². The summed E-state index contributed by atoms with van der Waals surface area (Å²) in [6, 6.07) is 20.8. The van der Waals surface area contributed by atoms with Crippen LogP contribution in [-0.4, -0.2) is 15.6 Å². The quantitative estimate of drug-likeness (QED) is 0.408. The van der Waals surface area contributed by atoms with Gasteiger partial charge in [-0.1, -0.05) is 60.7 Å². The largest absolute Gasteiger partial charge is 0.281 e. The maximum atomic E-state index is 13.2. The van der Waals surface area contributed by atoms with Gasteiger partial charge in [0.05, 0.1) is 5.39 Å². The van der Waals surface area contributed by atoms with Crippen molar-refractivity contribution in [3.63, 3.8) is 0 Å². The van der Waals surface area contributed by atoms with Crippen LogP contribution in [0.2, 0.25) is 0 Å². The third kappa shape index (κ3) is 3.88. The van der Waals surface area contributed by atoms with Crippen molar-refractivity contribution in [1.29, 1.82) is 0 Å². The Labute approximate surface area is 171 Å². The molecule has 0 spiro atoms. The van der Waals surface area contributed by atoms with Crippen molar-refractivity contribution in [1.82, 2.24) is 9.66 Å². The molecule has 0 aliphatic heterocycles. The van der Waals surface area contributed by atoms with E-state index in [9.17, 15) is 9.59 Å². The molecule has 4 rings (SSSR count). The van der Waals surface area contributed by atoms with Gasteiger partial charge in [0, 0.05) is 10.5 Å². The van der Waals surface area contributed by atoms with Gasteiger partial charge in [0.2, 0.25) is 0 Å². The molecular formula is C23H19N3O2S. The zero-order valence-electron chi connectivity index (χ0n) is 16.0. The van der Waals surface area contributed by atoms with Crippen molar-refractivity contribution in [3.05, 3.63) is 98.9 Å². The fourth-order valence-electron chi connectivity index (χ4n) is 3.11. The molecule has 0 bridgehead atoms. The number of aromatic nitrogens is 2. The van der Waals surface area contributed by atoms with E-state index in [0.717, 1.165) is 16.0 Å². The maximum Gasteiger partial charge on any atom is 0.281 e. The summed E-state index contributed by atoms with van der Waals surface area (Å²) in [7, 11) is 0. The van der Waals surface area contributed by atoms with Crippen LogP contribution < -0.4 is 11.0 Å². The highest BCUT2D eigenvalue weighted by molar-refractivity contribution is 7.18. The first kappa shape index (κ1) is 18.8. The number of carbonyl (C=O) groups excluding carboxylic acids is 1. The SMILES string of the molecule is Cc1cc2c(=O)n(NC(=O)C(=Cc3ccccc3)c3ccccc3)c(C)nc2s1. The molecule has 1 amide bonds. The van der Waals surface area contributed by atoms with Crippen LogP contribution in [0.4, 0.5) is 0 Å². The summed E-state index contributed by atoms with van der Waals surface area (Å²) >= 11 is 1.46. The predicted molar refractivity (Wildman–Crippen MR) is 118 cm³/mol. The van der Waals surface area contributed by atoms with E-state index in [1.165, 1.54) is 16.0 Å². The highest BCUT2D eigenvalue weighted by atomic mass is 32.1. The summed E-state index contributed by atoms with van der Waals surface area (Å²) in [5, 5.41) is 0.506. The predicted octanol–water partition coefficient (Wildman–Crippen LogP) is 4.39. The Hall–Kier alpha value is -3.51. The number of fused-ring (bicyclic) bond motifs is 1. The lowest BCUT2D eigenvalue weighted by Gasteiger charge is -2.13. The lowest BCUT2D eigenvalue weighted by molar-refractivity contribution is -0.111. The highest BCUT2D eigenvalue weighted by Gasteiger charge is 2.16. The Morgan fingerprint density at radius 3 is 2.38 bits per heavy atom. The molecule has 0 saturated heterocycles. The first-order valence-corrected chi connectivity index (χ1v) is 9.98. The number of aryl methyl sites for hydroxylation is 2. The molecule has 0 radical (unpaired) electrons. The maximum absolute atomic E-state index is 13.2. The van der Waals surface area contributed by atoms with Crippen LogP contribution in [0.3, 0.4) is 0 Å². The molecule has 4 aromatic rings. The van der Waals surface area contributed by atoms with Gasteiger partial charge in [-0.2, -0.15) is 0 Å². The molecule has 0 unspecified atom stereocenters. The molecule has 2 aromatic heterocycles. The van der Waals surface area contributed by atoms with E-state index < -0.39 is 0 Å². The highest BCUT2D eigenvalue weighted by Crippen LogP contribution is 2.21. The number of nitrogens with one attached hydrogen (secondary N) is 1. The topological polar surface area (TPSA) is 64.0 Å². The second-order valence-electron chi connectivity index (χ2n) is 6.65. The second-order valence-corrected chi connectivity index (χ2v) is 7.89. The lowest BCUT2D eigenvalue weighted by Crippen LogP contribution is -2.35. The molecule has 5 nitrogen and oxygen atoms in total. The molecule has 1 N–H and O–H groups in total. The van der Waals surface area contributed by atoms with E-state index >= 15 is 0 Å². The van der Waals surface area contributed by atoms with Crippen LogP contribution in [0.5, 0.6) is 0 Å². The minimum atomic E-state index is -0.377. The van der Waals surface area contributed by atoms with E-state index in [1.54, 1.807) is 13.0 Å². The lowest BCUT2D eigenvalue weighted by atomic mass is 10.0. The van der Waals surface area contributed by atoms with Crippen LogP contribution in [0.1, 0.15) is 21.8 Å². The van der Waals surface area contributed by atoms with Crippen LogP contribution in [-0.2, 0) is 4.79 Å². The number of hydrogen-bond donors (Lipinski definition) is 1. The number of hydrogen-bond acceptors (Lipinski definition) is 4. The molecule has 0 atom stereocenters. The fraction of sp³-hybridized carbons (Fsp3) is 0.0870. The van der Waals surface area contributed by atoms with Gasteiger partial charge in [-0.05, 0) is 37.1 Å². The summed E-state index contributed by atoms with van der Waals surface area (Å²) < 4.78 is 1.22. The number of nitrogens with zero attached hydrogens (tertiary/aromatic N) is 2. The number of thiophene rings is 1. The van der Waals surface area contributed by atoms with Gasteiger partial charge in [0.25, 0.3) is 11.5 Å². The molecule has 2 heterocycles. The smallest absolute Gasteiger partial charge is 0.267 e. The Bertz CT molecular complexity index is 1270. The first-order chi connectivity index (χ1) is 14.0. The molecule has 0 aliphatic rings. The van der Waals surface area contributed by atoms with Crippen molar-refractivity contribution >= 4 is 39.1 Å². The summed E-state index contributed by atoms with van der Waals surface area (Å²) in [5.41, 5.74) is 4.58. The minimum Gasteiger partial charge on any atom is -0.267 e. The normalized spacial score (nSPS) is 11.6. The molecule has 0 saturated carbocycles. The first-order valence-electron chi connectivity index (χ1n) is 9.16. The summed E-state index contributed by atoms with van der Waals surface area (Å²) in [4.78, 5) is 32.3. The number of carbonyl (C=O) groups is 1. The second kappa shape index (κ2) is 7.85. The Morgan fingerprint density at radius 2 is 1.69 bits per heavy atom. The monoisotopic (exact) mass is 401 g/mol. The molecule has 6 heteroatoms. The molecular weight excluding hydrogens is 382 g/mol. The number of amides is 1. The van der Waals surface area contributed by atoms with Crippen molar-refractivity contribution in [2.24, 2.45) is 0 Å². The van der Waals surface area contributed by atoms with Crippen molar-refractivity contribution in [2.45, 2.75) is 13.8 Å². The average molecular weight is 401 g/mol. The van der Waals surface area contributed by atoms with Gasteiger partial charge in [-0.25, -0.2) is 9.66 Å². The third-order valence-electron chi connectivity index (χ3n) is 4.51. The van der Waals surface area contributed by atoms with Crippen molar-refractivity contribution in [2.75, 3.05) is 5.43 Å². The summed E-state index contributed by atoms with van der Waals surface area (Å²) in [6.07, 6.45) is 1.81. The van der Waals surface area contributed by atoms with Crippen LogP contribution in [0, 0.1) is 13.8 Å². The molecule has 144 valence electrons. The average Bonchev–Trinajstić information content (AvgIpc) is 3.11. The summed E-state index contributed by atoms with van der Waals surface area (Å²) in [6.45, 7) is 3.64. The van der Waals surface area contributed by atoms with E-state index in [2.05, 4.69) is 10.4 Å². The number of benzene rings is 2. The van der Waals surface area contributed by atoms with Crippen LogP contribution >= 0.6 is 11.3 Å². The molecule has 29 heavy (non-hydrogen) atoms. The Balaban J connectivity index is 1.77. The van der Waals surface area contributed by atoms with Crippen molar-refractivity contribution in [3.8, 4) is 0 Å². The third-order valence-corrected chi connectivity index (χ3v) is 5.45. The van der Waals surface area contributed by atoms with Crippen LogP contribution in [0.15, 0.2) is 71.5 Å². The van der Waals surface area contributed by atoms with Gasteiger partial charge in [-0.3, -0.25) is 15.0 Å². The van der Waals surface area contributed by atoms with Gasteiger partial charge in [0.1, 0.15) is 10.7 Å². The standard InChI is InChI=1S/C23H19N3O2S/c1-15-13-20-22(29-15)24-16(2)26(23(20)28)25-21(27)19(18-11-7-4-8-12-18)14-17-9-5-3-6-10-17/h3-14H,1-2H3,(H,25,27). The van der Waals surface area contributed by atoms with Gasteiger partial charge >= 0.3 is 0 Å². The van der Waals surface area contributed by atoms with Gasteiger partial charge in [0.15, 0.2) is 0 Å². The van der Waals surface area contributed by atoms with Gasteiger partial charge in [-0.15, -0.1) is 11.3 Å². The van der Waals surface area contributed by atoms with E-state index in [0.29, 0.717) is 21.6 Å². The zero-order chi connectivity index (χ0) is 20.4. The van der Waals surface area contributed by atoms with Gasteiger partial charge < -0.3 is 0 Å². The molecule has 0 fully saturated rings. The minimum absolute atomic E-state index is 0.280. The number of rotatable bonds is 4.